The summed E-state index contributed by atoms with van der Waals surface area (Å²) in [7, 11) is -1.74. The number of rotatable bonds is 13. The Hall–Kier alpha value is -2.33. The minimum atomic E-state index is -1.74. The first-order chi connectivity index (χ1) is 20.1. The van der Waals surface area contributed by atoms with Gasteiger partial charge in [0.15, 0.2) is 8.32 Å². The molecule has 3 aromatic rings. The summed E-state index contributed by atoms with van der Waals surface area (Å²) in [6.45, 7) is 18.0. The van der Waals surface area contributed by atoms with Crippen molar-refractivity contribution in [2.45, 2.75) is 96.7 Å². The van der Waals surface area contributed by atoms with Crippen LogP contribution in [0, 0.1) is 11.6 Å². The van der Waals surface area contributed by atoms with E-state index in [2.05, 4.69) is 38.8 Å². The van der Waals surface area contributed by atoms with E-state index in [0.29, 0.717) is 25.3 Å². The molecular weight excluding hydrogens is 569 g/mol. The van der Waals surface area contributed by atoms with Gasteiger partial charge in [0, 0.05) is 60.1 Å². The quantitative estimate of drug-likeness (QED) is 0.154. The van der Waals surface area contributed by atoms with Gasteiger partial charge in [-0.15, -0.1) is 0 Å². The van der Waals surface area contributed by atoms with Crippen LogP contribution >= 0.6 is 0 Å². The van der Waals surface area contributed by atoms with Gasteiger partial charge in [-0.1, -0.05) is 39.0 Å². The number of para-hydroxylation sites is 1. The third kappa shape index (κ3) is 8.04. The molecule has 0 saturated carbocycles. The van der Waals surface area contributed by atoms with Crippen LogP contribution in [0.3, 0.4) is 0 Å². The van der Waals surface area contributed by atoms with Gasteiger partial charge < -0.3 is 18.9 Å². The Bertz CT molecular complexity index is 1360. The molecule has 0 fully saturated rings. The highest BCUT2D eigenvalue weighted by Crippen LogP contribution is 2.44. The third-order valence-corrected chi connectivity index (χ3v) is 13.4. The molecule has 2 atom stereocenters. The molecule has 2 aromatic carbocycles. The number of nitrogens with zero attached hydrogens (tertiary/aromatic N) is 1. The van der Waals surface area contributed by atoms with Crippen LogP contribution < -0.4 is 4.74 Å². The van der Waals surface area contributed by atoms with Crippen LogP contribution in [-0.2, 0) is 15.6 Å². The summed E-state index contributed by atoms with van der Waals surface area (Å²) in [6.07, 6.45) is 2.44. The number of unbranched alkanes of at least 4 members (excludes halogenated alkanes) is 1. The van der Waals surface area contributed by atoms with E-state index in [1.807, 2.05) is 36.1 Å². The Balaban J connectivity index is 1.40. The van der Waals surface area contributed by atoms with Crippen LogP contribution in [0.25, 0.3) is 10.9 Å². The zero-order valence-corrected chi connectivity index (χ0v) is 28.1. The first-order valence-corrected chi connectivity index (χ1v) is 18.4. The summed E-state index contributed by atoms with van der Waals surface area (Å²) in [6, 6.07) is 9.35. The average molecular weight is 619 g/mol. The molecule has 1 aliphatic heterocycles. The summed E-state index contributed by atoms with van der Waals surface area (Å²) < 4.78 is 64.1. The highest BCUT2D eigenvalue weighted by molar-refractivity contribution is 6.74. The van der Waals surface area contributed by atoms with Gasteiger partial charge in [-0.3, -0.25) is 4.90 Å². The van der Waals surface area contributed by atoms with Crippen LogP contribution in [0.15, 0.2) is 36.4 Å². The van der Waals surface area contributed by atoms with Gasteiger partial charge in [-0.05, 0) is 69.8 Å². The second-order valence-electron chi connectivity index (χ2n) is 14.0. The van der Waals surface area contributed by atoms with Crippen molar-refractivity contribution in [3.05, 3.63) is 64.9 Å². The number of ether oxygens (including phenoxy) is 2. The second-order valence-corrected chi connectivity index (χ2v) is 18.8. The number of H-pyrrole nitrogens is 1. The molecule has 0 amide bonds. The summed E-state index contributed by atoms with van der Waals surface area (Å²) in [4.78, 5) is 5.27. The SMILES string of the molecule is C[C@@H]1Cc2c([nH]c3ccccc23)[C@@H](c2c(F)cc(OCCOCCCCO[Si](C)(C)C(C)(C)C)cc2F)N1CC(C)(C)F. The van der Waals surface area contributed by atoms with E-state index in [1.165, 1.54) is 26.0 Å². The van der Waals surface area contributed by atoms with Gasteiger partial charge in [-0.2, -0.15) is 0 Å². The average Bonchev–Trinajstić information content (AvgIpc) is 3.25. The van der Waals surface area contributed by atoms with E-state index in [1.54, 1.807) is 0 Å². The Labute approximate surface area is 256 Å². The van der Waals surface area contributed by atoms with Crippen molar-refractivity contribution in [3.63, 3.8) is 0 Å². The van der Waals surface area contributed by atoms with Crippen molar-refractivity contribution in [1.82, 2.24) is 9.88 Å². The molecule has 0 aliphatic carbocycles. The van der Waals surface area contributed by atoms with Crippen molar-refractivity contribution >= 4 is 19.2 Å². The molecule has 0 saturated heterocycles. The molecule has 1 aliphatic rings. The fraction of sp³-hybridized carbons (Fsp3) is 0.588. The summed E-state index contributed by atoms with van der Waals surface area (Å²) in [5, 5.41) is 1.22. The predicted molar refractivity (Wildman–Crippen MR) is 170 cm³/mol. The lowest BCUT2D eigenvalue weighted by atomic mass is 9.87. The van der Waals surface area contributed by atoms with E-state index >= 15 is 8.78 Å². The number of alkyl halides is 1. The lowest BCUT2D eigenvalue weighted by Crippen LogP contribution is -2.48. The van der Waals surface area contributed by atoms with Crippen LogP contribution in [0.2, 0.25) is 18.1 Å². The molecule has 2 heterocycles. The number of fused-ring (bicyclic) bond motifs is 3. The summed E-state index contributed by atoms with van der Waals surface area (Å²) in [5.41, 5.74) is 0.966. The summed E-state index contributed by atoms with van der Waals surface area (Å²) in [5.74, 6) is -1.34. The number of aromatic amines is 1. The van der Waals surface area contributed by atoms with Crippen molar-refractivity contribution in [2.75, 3.05) is 33.0 Å². The van der Waals surface area contributed by atoms with E-state index in [4.69, 9.17) is 13.9 Å². The van der Waals surface area contributed by atoms with Gasteiger partial charge in [-0.25, -0.2) is 13.2 Å². The smallest absolute Gasteiger partial charge is 0.191 e. The molecule has 1 aromatic heterocycles. The molecule has 1 N–H and O–H groups in total. The predicted octanol–water partition coefficient (Wildman–Crippen LogP) is 8.73. The molecule has 0 bridgehead atoms. The normalized spacial score (nSPS) is 18.3. The number of hydrogen-bond donors (Lipinski definition) is 1. The van der Waals surface area contributed by atoms with E-state index in [-0.39, 0.29) is 35.5 Å². The van der Waals surface area contributed by atoms with Gasteiger partial charge in [0.05, 0.1) is 12.6 Å². The van der Waals surface area contributed by atoms with Crippen LogP contribution in [0.5, 0.6) is 5.75 Å². The fourth-order valence-electron chi connectivity index (χ4n) is 5.57. The van der Waals surface area contributed by atoms with Crippen LogP contribution in [-0.4, -0.2) is 62.9 Å². The van der Waals surface area contributed by atoms with Crippen molar-refractivity contribution in [3.8, 4) is 5.75 Å². The minimum Gasteiger partial charge on any atom is -0.491 e. The number of aromatic nitrogens is 1. The molecule has 4 rings (SSSR count). The van der Waals surface area contributed by atoms with Gasteiger partial charge in [0.2, 0.25) is 0 Å². The lowest BCUT2D eigenvalue weighted by molar-refractivity contribution is 0.0641. The highest BCUT2D eigenvalue weighted by atomic mass is 28.4. The zero-order chi connectivity index (χ0) is 31.6. The first-order valence-electron chi connectivity index (χ1n) is 15.5. The van der Waals surface area contributed by atoms with E-state index in [0.717, 1.165) is 35.9 Å². The lowest BCUT2D eigenvalue weighted by Gasteiger charge is -2.43. The van der Waals surface area contributed by atoms with Gasteiger partial charge >= 0.3 is 0 Å². The standard InChI is InChI=1S/C34H49F3N2O3Si/c1-23-19-26-25-13-9-10-14-29(25)38-31(26)32(39(23)22-34(5,6)37)30-27(35)20-24(21-28(30)36)41-18-17-40-15-11-12-16-42-43(7,8)33(2,3)4/h9-10,13-14,20-21,23,32,38H,11-12,15-19,22H2,1-8H3/t23-,32-/m1/s1. The van der Waals surface area contributed by atoms with Gasteiger partial charge in [0.25, 0.3) is 0 Å². The Morgan fingerprint density at radius 3 is 2.26 bits per heavy atom. The maximum Gasteiger partial charge on any atom is 0.191 e. The largest absolute Gasteiger partial charge is 0.491 e. The zero-order valence-electron chi connectivity index (χ0n) is 27.1. The van der Waals surface area contributed by atoms with E-state index in [9.17, 15) is 4.39 Å². The first kappa shape index (κ1) is 33.6. The highest BCUT2D eigenvalue weighted by Gasteiger charge is 2.41. The van der Waals surface area contributed by atoms with E-state index < -0.39 is 31.7 Å². The number of halogens is 3. The maximum atomic E-state index is 15.8. The molecule has 43 heavy (non-hydrogen) atoms. The molecular formula is C34H49F3N2O3Si. The molecule has 0 unspecified atom stereocenters. The Kier molecular flexibility index (Phi) is 10.4. The third-order valence-electron chi connectivity index (χ3n) is 8.85. The van der Waals surface area contributed by atoms with Crippen molar-refractivity contribution < 1.29 is 27.1 Å². The monoisotopic (exact) mass is 618 g/mol. The maximum absolute atomic E-state index is 15.8. The second kappa shape index (κ2) is 13.3. The number of nitrogens with one attached hydrogen (secondary N) is 1. The summed E-state index contributed by atoms with van der Waals surface area (Å²) >= 11 is 0. The molecule has 5 nitrogen and oxygen atoms in total. The van der Waals surface area contributed by atoms with Gasteiger partial charge in [0.1, 0.15) is 29.7 Å². The van der Waals surface area contributed by atoms with Crippen molar-refractivity contribution in [2.24, 2.45) is 0 Å². The van der Waals surface area contributed by atoms with Crippen LogP contribution in [0.4, 0.5) is 13.2 Å². The van der Waals surface area contributed by atoms with Crippen molar-refractivity contribution in [1.29, 1.82) is 0 Å². The Morgan fingerprint density at radius 2 is 1.60 bits per heavy atom. The molecule has 0 radical (unpaired) electrons. The molecule has 238 valence electrons. The fourth-order valence-corrected chi connectivity index (χ4v) is 6.66. The topological polar surface area (TPSA) is 46.7 Å². The number of hydrogen-bond acceptors (Lipinski definition) is 4. The molecule has 0 spiro atoms. The minimum absolute atomic E-state index is 0.0323. The Morgan fingerprint density at radius 1 is 0.953 bits per heavy atom. The number of benzene rings is 2. The molecule has 9 heteroatoms. The van der Waals surface area contributed by atoms with Crippen LogP contribution in [0.1, 0.15) is 77.2 Å².